The lowest BCUT2D eigenvalue weighted by Crippen LogP contribution is -2.49. The van der Waals surface area contributed by atoms with Crippen molar-refractivity contribution in [2.45, 2.75) is 207 Å². The molecule has 3 aliphatic carbocycles. The van der Waals surface area contributed by atoms with E-state index >= 15 is 0 Å². The monoisotopic (exact) mass is 731 g/mol. The molecule has 0 heterocycles. The van der Waals surface area contributed by atoms with Gasteiger partial charge in [-0.2, -0.15) is 0 Å². The maximum absolute atomic E-state index is 7.12. The molecule has 3 fully saturated rings. The Balaban J connectivity index is 1.76. The predicted molar refractivity (Wildman–Crippen MR) is 223 cm³/mol. The number of unbranched alkanes of at least 4 members (excludes halogenated alkanes) is 1. The highest BCUT2D eigenvalue weighted by molar-refractivity contribution is 6.75. The third-order valence-electron chi connectivity index (χ3n) is 14.8. The van der Waals surface area contributed by atoms with E-state index in [9.17, 15) is 0 Å². The summed E-state index contributed by atoms with van der Waals surface area (Å²) in [4.78, 5) is 0. The van der Waals surface area contributed by atoms with Gasteiger partial charge in [0.05, 0.1) is 12.2 Å². The Bertz CT molecular complexity index is 1150. The summed E-state index contributed by atoms with van der Waals surface area (Å²) in [6.45, 7) is 46.2. The van der Waals surface area contributed by atoms with Gasteiger partial charge in [-0.15, -0.1) is 0 Å². The third kappa shape index (κ3) is 10.2. The van der Waals surface area contributed by atoms with Gasteiger partial charge in [-0.05, 0) is 135 Å². The highest BCUT2D eigenvalue weighted by Crippen LogP contribution is 2.60. The van der Waals surface area contributed by atoms with Crippen LogP contribution in [0.3, 0.4) is 0 Å². The fourth-order valence-corrected chi connectivity index (χ4v) is 11.9. The number of rotatable bonds is 12. The Kier molecular flexibility index (Phi) is 13.8. The zero-order valence-corrected chi connectivity index (χ0v) is 38.8. The fraction of sp³-hybridized carbons (Fsp3) is 0.860. The van der Waals surface area contributed by atoms with Gasteiger partial charge in [-0.3, -0.25) is 0 Å². The molecular weight excluding hydrogens is 649 g/mol. The maximum Gasteiger partial charge on any atom is 0.192 e. The second kappa shape index (κ2) is 15.6. The molecule has 0 bridgehead atoms. The molecule has 0 radical (unpaired) electrons. The Hall–Kier alpha value is -0.249. The molecule has 284 valence electrons. The minimum Gasteiger partial charge on any atom is -0.417 e. The SMILES string of the molecule is C=C1C(O[Si](C)(C)C(C)(C)C)C/C(=C/C=C2\CCC[C@]3(C)[C@@H]([C@H](C)CCCCO[Si](C)(C)C(C)(C)C)CC[C@@H]23)C[C@H]1O[Si](C)(C)C(C)(C)C. The summed E-state index contributed by atoms with van der Waals surface area (Å²) >= 11 is 0. The van der Waals surface area contributed by atoms with Crippen molar-refractivity contribution in [3.8, 4) is 0 Å². The average molecular weight is 731 g/mol. The lowest BCUT2D eigenvalue weighted by Gasteiger charge is -2.46. The molecule has 6 heteroatoms. The summed E-state index contributed by atoms with van der Waals surface area (Å²) in [5.41, 5.74) is 4.81. The first kappa shape index (κ1) is 43.2. The minimum atomic E-state index is -1.97. The van der Waals surface area contributed by atoms with Crippen LogP contribution in [-0.4, -0.2) is 43.8 Å². The van der Waals surface area contributed by atoms with Crippen molar-refractivity contribution in [2.75, 3.05) is 6.61 Å². The van der Waals surface area contributed by atoms with Crippen LogP contribution in [0.1, 0.15) is 140 Å². The van der Waals surface area contributed by atoms with Crippen molar-refractivity contribution < 1.29 is 13.3 Å². The molecule has 0 aromatic carbocycles. The molecule has 0 N–H and O–H groups in total. The van der Waals surface area contributed by atoms with Gasteiger partial charge >= 0.3 is 0 Å². The van der Waals surface area contributed by atoms with Crippen molar-refractivity contribution in [2.24, 2.45) is 23.2 Å². The largest absolute Gasteiger partial charge is 0.417 e. The van der Waals surface area contributed by atoms with Gasteiger partial charge in [0.25, 0.3) is 0 Å². The Morgan fingerprint density at radius 3 is 1.78 bits per heavy atom. The van der Waals surface area contributed by atoms with Crippen LogP contribution in [0.25, 0.3) is 0 Å². The molecule has 0 aromatic rings. The van der Waals surface area contributed by atoms with Gasteiger partial charge in [0.15, 0.2) is 25.0 Å². The van der Waals surface area contributed by atoms with Crippen LogP contribution in [-0.2, 0) is 13.3 Å². The summed E-state index contributed by atoms with van der Waals surface area (Å²) in [6, 6.07) is 0. The first-order valence-electron chi connectivity index (χ1n) is 20.2. The molecule has 0 amide bonds. The zero-order valence-electron chi connectivity index (χ0n) is 35.8. The van der Waals surface area contributed by atoms with Crippen molar-refractivity contribution in [1.29, 1.82) is 0 Å². The first-order chi connectivity index (χ1) is 22.1. The van der Waals surface area contributed by atoms with Gasteiger partial charge in [0.2, 0.25) is 0 Å². The van der Waals surface area contributed by atoms with E-state index in [4.69, 9.17) is 13.3 Å². The third-order valence-corrected chi connectivity index (χ3v) is 28.3. The standard InChI is InChI=1S/C43H82O3Si3/c1-32(22-19-20-29-44-47(13,14)40(3,4)5)36-26-27-37-35(23-21-28-43(36,37)12)25-24-34-30-38(45-48(15,16)41(6,7)8)33(2)39(31-34)46-49(17,18)42(9,10)11/h24-25,32,36-39H,2,19-23,26-31H2,1,3-18H3/b34-24-,35-25+/t32-,36-,37+,38?,39-,43-/m1/s1. The molecule has 0 aromatic heterocycles. The number of hydrogen-bond acceptors (Lipinski definition) is 3. The predicted octanol–water partition coefficient (Wildman–Crippen LogP) is 14.0. The highest BCUT2D eigenvalue weighted by atomic mass is 28.4. The van der Waals surface area contributed by atoms with Crippen LogP contribution in [0.2, 0.25) is 54.4 Å². The van der Waals surface area contributed by atoms with Crippen molar-refractivity contribution in [1.82, 2.24) is 0 Å². The summed E-state index contributed by atoms with van der Waals surface area (Å²) < 4.78 is 20.7. The molecule has 6 atom stereocenters. The van der Waals surface area contributed by atoms with E-state index in [0.29, 0.717) is 10.5 Å². The second-order valence-corrected chi connectivity index (χ2v) is 35.8. The van der Waals surface area contributed by atoms with E-state index in [2.05, 4.69) is 134 Å². The second-order valence-electron chi connectivity index (χ2n) is 21.5. The van der Waals surface area contributed by atoms with E-state index in [-0.39, 0.29) is 22.3 Å². The van der Waals surface area contributed by atoms with Crippen LogP contribution in [0.5, 0.6) is 0 Å². The topological polar surface area (TPSA) is 27.7 Å². The normalized spacial score (nSPS) is 30.3. The Labute approximate surface area is 309 Å². The van der Waals surface area contributed by atoms with Gasteiger partial charge in [0.1, 0.15) is 0 Å². The lowest BCUT2D eigenvalue weighted by atomic mass is 9.60. The van der Waals surface area contributed by atoms with Gasteiger partial charge in [-0.25, -0.2) is 0 Å². The molecule has 3 rings (SSSR count). The van der Waals surface area contributed by atoms with E-state index in [1.165, 1.54) is 62.5 Å². The zero-order chi connectivity index (χ0) is 37.4. The summed E-state index contributed by atoms with van der Waals surface area (Å²) in [5.74, 6) is 2.34. The Morgan fingerprint density at radius 2 is 1.29 bits per heavy atom. The van der Waals surface area contributed by atoms with Crippen molar-refractivity contribution in [3.05, 3.63) is 35.5 Å². The molecule has 0 spiro atoms. The molecular formula is C43H82O3Si3. The summed E-state index contributed by atoms with van der Waals surface area (Å²) in [6.07, 6.45) is 17.6. The fourth-order valence-electron chi connectivity index (χ4n) is 8.22. The molecule has 1 unspecified atom stereocenters. The smallest absolute Gasteiger partial charge is 0.192 e. The van der Waals surface area contributed by atoms with E-state index in [1.807, 2.05) is 0 Å². The van der Waals surface area contributed by atoms with Crippen molar-refractivity contribution >= 4 is 25.0 Å². The van der Waals surface area contributed by atoms with Gasteiger partial charge < -0.3 is 13.3 Å². The van der Waals surface area contributed by atoms with Crippen LogP contribution >= 0.6 is 0 Å². The number of allylic oxidation sites excluding steroid dienone is 3. The van der Waals surface area contributed by atoms with Crippen LogP contribution < -0.4 is 0 Å². The molecule has 3 saturated carbocycles. The van der Waals surface area contributed by atoms with Gasteiger partial charge in [0, 0.05) is 6.61 Å². The first-order valence-corrected chi connectivity index (χ1v) is 28.9. The minimum absolute atomic E-state index is 0.0367. The maximum atomic E-state index is 7.12. The van der Waals surface area contributed by atoms with Crippen LogP contribution in [0.15, 0.2) is 35.5 Å². The molecule has 49 heavy (non-hydrogen) atoms. The summed E-state index contributed by atoms with van der Waals surface area (Å²) in [5, 5.41) is 0.614. The quantitative estimate of drug-likeness (QED) is 0.114. The Morgan fingerprint density at radius 1 is 0.776 bits per heavy atom. The number of fused-ring (bicyclic) bond motifs is 1. The molecule has 3 nitrogen and oxygen atoms in total. The average Bonchev–Trinajstić information content (AvgIpc) is 3.29. The summed E-state index contributed by atoms with van der Waals surface area (Å²) in [7, 11) is -5.59. The lowest BCUT2D eigenvalue weighted by molar-refractivity contribution is 0.0926. The highest BCUT2D eigenvalue weighted by Gasteiger charge is 2.51. The number of hydrogen-bond donors (Lipinski definition) is 0. The molecule has 0 saturated heterocycles. The van der Waals surface area contributed by atoms with Gasteiger partial charge in [-0.1, -0.05) is 119 Å². The molecule has 3 aliphatic rings. The molecule has 0 aliphatic heterocycles. The van der Waals surface area contributed by atoms with Crippen LogP contribution in [0, 0.1) is 23.2 Å². The van der Waals surface area contributed by atoms with E-state index in [1.54, 1.807) is 5.57 Å². The van der Waals surface area contributed by atoms with Crippen LogP contribution in [0.4, 0.5) is 0 Å². The van der Waals surface area contributed by atoms with E-state index < -0.39 is 25.0 Å². The van der Waals surface area contributed by atoms with E-state index in [0.717, 1.165) is 37.2 Å². The van der Waals surface area contributed by atoms with Crippen molar-refractivity contribution in [3.63, 3.8) is 0 Å².